The summed E-state index contributed by atoms with van der Waals surface area (Å²) >= 11 is 3.20. The van der Waals surface area contributed by atoms with Crippen molar-refractivity contribution in [1.82, 2.24) is 4.57 Å². The van der Waals surface area contributed by atoms with Gasteiger partial charge in [0.25, 0.3) is 5.56 Å². The molecule has 2 aromatic heterocycles. The second-order valence-corrected chi connectivity index (χ2v) is 10.6. The molecule has 33 heavy (non-hydrogen) atoms. The van der Waals surface area contributed by atoms with Gasteiger partial charge in [0.2, 0.25) is 0 Å². The van der Waals surface area contributed by atoms with E-state index < -0.39 is 0 Å². The van der Waals surface area contributed by atoms with Gasteiger partial charge in [-0.05, 0) is 59.2 Å². The first kappa shape index (κ1) is 20.4. The molecular weight excluding hydrogens is 446 g/mol. The minimum Gasteiger partial charge on any atom is -0.378 e. The number of thiophene rings is 1. The lowest BCUT2D eigenvalue weighted by Crippen LogP contribution is -2.38. The highest BCUT2D eigenvalue weighted by Crippen LogP contribution is 2.42. The molecule has 2 aliphatic rings. The van der Waals surface area contributed by atoms with Gasteiger partial charge in [0, 0.05) is 30.2 Å². The molecule has 4 aromatic rings. The van der Waals surface area contributed by atoms with E-state index in [9.17, 15) is 4.79 Å². The molecule has 0 saturated heterocycles. The maximum atomic E-state index is 13.7. The number of rotatable bonds is 3. The predicted octanol–water partition coefficient (Wildman–Crippen LogP) is 4.45. The van der Waals surface area contributed by atoms with E-state index in [4.69, 9.17) is 4.99 Å². The minimum atomic E-state index is -0.0807. The Hall–Kier alpha value is -3.22. The molecule has 0 N–H and O–H groups in total. The highest BCUT2D eigenvalue weighted by atomic mass is 32.1. The molecule has 1 aliphatic carbocycles. The number of anilines is 1. The molecule has 2 aromatic carbocycles. The van der Waals surface area contributed by atoms with Crippen LogP contribution in [0, 0.1) is 0 Å². The topological polar surface area (TPSA) is 37.6 Å². The molecule has 0 spiro atoms. The van der Waals surface area contributed by atoms with Gasteiger partial charge in [0.05, 0.1) is 16.3 Å². The zero-order valence-electron chi connectivity index (χ0n) is 18.5. The Kier molecular flexibility index (Phi) is 4.93. The van der Waals surface area contributed by atoms with Gasteiger partial charge in [-0.3, -0.25) is 9.36 Å². The van der Waals surface area contributed by atoms with E-state index in [0.29, 0.717) is 0 Å². The van der Waals surface area contributed by atoms with Crippen molar-refractivity contribution in [2.24, 2.45) is 4.99 Å². The fourth-order valence-electron chi connectivity index (χ4n) is 4.74. The number of thiazole rings is 1. The van der Waals surface area contributed by atoms with E-state index >= 15 is 0 Å². The Bertz CT molecular complexity index is 1550. The number of aromatic nitrogens is 1. The fraction of sp³-hybridized carbons (Fsp3) is 0.185. The average molecular weight is 470 g/mol. The number of benzene rings is 2. The second kappa shape index (κ2) is 7.97. The summed E-state index contributed by atoms with van der Waals surface area (Å²) in [4.78, 5) is 22.8. The van der Waals surface area contributed by atoms with Crippen LogP contribution in [0.4, 0.5) is 5.69 Å². The third-order valence-electron chi connectivity index (χ3n) is 6.39. The van der Waals surface area contributed by atoms with Crippen molar-refractivity contribution in [3.05, 3.63) is 113 Å². The molecular formula is C27H23N3OS2. The highest BCUT2D eigenvalue weighted by Gasteiger charge is 2.32. The van der Waals surface area contributed by atoms with Gasteiger partial charge < -0.3 is 4.90 Å². The monoisotopic (exact) mass is 469 g/mol. The molecule has 6 heteroatoms. The normalized spacial score (nSPS) is 17.3. The summed E-state index contributed by atoms with van der Waals surface area (Å²) in [7, 11) is 4.05. The van der Waals surface area contributed by atoms with E-state index in [1.807, 2.05) is 24.7 Å². The zero-order valence-corrected chi connectivity index (χ0v) is 20.1. The molecule has 3 heterocycles. The van der Waals surface area contributed by atoms with Crippen molar-refractivity contribution >= 4 is 40.1 Å². The first-order chi connectivity index (χ1) is 16.1. The predicted molar refractivity (Wildman–Crippen MR) is 138 cm³/mol. The van der Waals surface area contributed by atoms with Gasteiger partial charge in [-0.2, -0.15) is 0 Å². The Morgan fingerprint density at radius 1 is 1.03 bits per heavy atom. The number of nitrogens with zero attached hydrogens (tertiary/aromatic N) is 3. The van der Waals surface area contributed by atoms with E-state index in [1.165, 1.54) is 32.9 Å². The number of allylic oxidation sites excluding steroid dienone is 1. The molecule has 1 atom stereocenters. The maximum Gasteiger partial charge on any atom is 0.271 e. The second-order valence-electron chi connectivity index (χ2n) is 8.62. The van der Waals surface area contributed by atoms with E-state index in [2.05, 4.69) is 70.9 Å². The quantitative estimate of drug-likeness (QED) is 0.445. The molecule has 164 valence electrons. The van der Waals surface area contributed by atoms with Crippen LogP contribution >= 0.6 is 22.7 Å². The summed E-state index contributed by atoms with van der Waals surface area (Å²) < 4.78 is 2.64. The zero-order chi connectivity index (χ0) is 22.5. The summed E-state index contributed by atoms with van der Waals surface area (Å²) in [6.45, 7) is 0. The maximum absolute atomic E-state index is 13.7. The summed E-state index contributed by atoms with van der Waals surface area (Å²) in [6, 6.07) is 20.9. The van der Waals surface area contributed by atoms with Gasteiger partial charge in [-0.15, -0.1) is 11.3 Å². The van der Waals surface area contributed by atoms with E-state index in [1.54, 1.807) is 11.3 Å². The molecule has 1 aliphatic heterocycles. The molecule has 0 fully saturated rings. The van der Waals surface area contributed by atoms with Crippen molar-refractivity contribution in [3.8, 4) is 0 Å². The minimum absolute atomic E-state index is 0.0410. The largest absolute Gasteiger partial charge is 0.378 e. The summed E-state index contributed by atoms with van der Waals surface area (Å²) in [5.41, 5.74) is 7.05. The van der Waals surface area contributed by atoms with Gasteiger partial charge in [-0.25, -0.2) is 4.99 Å². The van der Waals surface area contributed by atoms with Crippen molar-refractivity contribution < 1.29 is 0 Å². The van der Waals surface area contributed by atoms with Crippen LogP contribution in [0.1, 0.15) is 34.0 Å². The van der Waals surface area contributed by atoms with Crippen LogP contribution in [0.15, 0.2) is 81.4 Å². The van der Waals surface area contributed by atoms with Crippen molar-refractivity contribution in [1.29, 1.82) is 0 Å². The lowest BCUT2D eigenvalue weighted by Gasteiger charge is -2.30. The summed E-state index contributed by atoms with van der Waals surface area (Å²) in [5.74, 6) is 0. The number of hydrogen-bond donors (Lipinski definition) is 0. The van der Waals surface area contributed by atoms with Gasteiger partial charge >= 0.3 is 0 Å². The molecule has 6 rings (SSSR count). The SMILES string of the molecule is CN(C)c1ccc(C=c2sc3n(c2=O)C(c2cccs2)C2=C(N=3)c3ccccc3CC2)cc1. The first-order valence-corrected chi connectivity index (χ1v) is 12.7. The summed E-state index contributed by atoms with van der Waals surface area (Å²) in [6.07, 6.45) is 3.90. The number of fused-ring (bicyclic) bond motifs is 3. The van der Waals surface area contributed by atoms with E-state index in [0.717, 1.165) is 39.1 Å². The third-order valence-corrected chi connectivity index (χ3v) is 8.30. The van der Waals surface area contributed by atoms with Crippen LogP contribution in [0.3, 0.4) is 0 Å². The van der Waals surface area contributed by atoms with Gasteiger partial charge in [0.15, 0.2) is 4.80 Å². The summed E-state index contributed by atoms with van der Waals surface area (Å²) in [5, 5.41) is 2.09. The smallest absolute Gasteiger partial charge is 0.271 e. The Balaban J connectivity index is 1.56. The number of hydrogen-bond acceptors (Lipinski definition) is 5. The molecule has 4 nitrogen and oxygen atoms in total. The van der Waals surface area contributed by atoms with Crippen LogP contribution < -0.4 is 19.8 Å². The van der Waals surface area contributed by atoms with Crippen LogP contribution in [0.5, 0.6) is 0 Å². The van der Waals surface area contributed by atoms with Gasteiger partial charge in [0.1, 0.15) is 0 Å². The standard InChI is InChI=1S/C27H23N3OS2/c1-29(2)19-12-9-17(10-13-19)16-23-26(31)30-25(22-8-5-15-32-22)21-14-11-18-6-3-4-7-20(18)24(21)28-27(30)33-23/h3-10,12-13,15-16,25H,11,14H2,1-2H3. The molecule has 0 radical (unpaired) electrons. The van der Waals surface area contributed by atoms with Crippen LogP contribution in [0.2, 0.25) is 0 Å². The number of aryl methyl sites for hydroxylation is 1. The highest BCUT2D eigenvalue weighted by molar-refractivity contribution is 7.10. The lowest BCUT2D eigenvalue weighted by atomic mass is 9.85. The van der Waals surface area contributed by atoms with Crippen molar-refractivity contribution in [3.63, 3.8) is 0 Å². The van der Waals surface area contributed by atoms with Crippen LogP contribution in [-0.2, 0) is 6.42 Å². The van der Waals surface area contributed by atoms with E-state index in [-0.39, 0.29) is 11.6 Å². The average Bonchev–Trinajstić information content (AvgIpc) is 3.47. The first-order valence-electron chi connectivity index (χ1n) is 11.0. The van der Waals surface area contributed by atoms with Gasteiger partial charge in [-0.1, -0.05) is 53.8 Å². The third kappa shape index (κ3) is 3.41. The van der Waals surface area contributed by atoms with Crippen molar-refractivity contribution in [2.45, 2.75) is 18.9 Å². The van der Waals surface area contributed by atoms with Crippen LogP contribution in [-0.4, -0.2) is 18.7 Å². The Morgan fingerprint density at radius 2 is 1.85 bits per heavy atom. The molecule has 0 bridgehead atoms. The Labute approximate surface area is 200 Å². The molecule has 1 unspecified atom stereocenters. The van der Waals surface area contributed by atoms with Crippen LogP contribution in [0.25, 0.3) is 11.8 Å². The molecule has 0 amide bonds. The Morgan fingerprint density at radius 3 is 2.61 bits per heavy atom. The molecule has 0 saturated carbocycles. The fourth-order valence-corrected chi connectivity index (χ4v) is 6.59. The lowest BCUT2D eigenvalue weighted by molar-refractivity contribution is 0.593. The van der Waals surface area contributed by atoms with Crippen molar-refractivity contribution in [2.75, 3.05) is 19.0 Å².